The summed E-state index contributed by atoms with van der Waals surface area (Å²) in [5, 5.41) is 2.61. The van der Waals surface area contributed by atoms with Crippen LogP contribution in [0.15, 0.2) is 0 Å². The molecule has 0 aromatic heterocycles. The molecule has 1 saturated heterocycles. The van der Waals surface area contributed by atoms with Crippen LogP contribution in [0.4, 0.5) is 0 Å². The normalized spacial score (nSPS) is 23.5. The van der Waals surface area contributed by atoms with E-state index in [0.717, 1.165) is 19.1 Å². The number of amides is 2. The average molecular weight is 274 g/mol. The van der Waals surface area contributed by atoms with Crippen molar-refractivity contribution in [2.75, 3.05) is 25.1 Å². The van der Waals surface area contributed by atoms with Crippen LogP contribution < -0.4 is 5.32 Å². The molecule has 0 aromatic rings. The summed E-state index contributed by atoms with van der Waals surface area (Å²) in [4.78, 5) is 25.5. The van der Waals surface area contributed by atoms with E-state index in [4.69, 9.17) is 0 Å². The van der Waals surface area contributed by atoms with Crippen molar-refractivity contribution in [1.82, 2.24) is 10.2 Å². The highest BCUT2D eigenvalue weighted by molar-refractivity contribution is 7.90. The van der Waals surface area contributed by atoms with Gasteiger partial charge < -0.3 is 10.2 Å². The Morgan fingerprint density at radius 3 is 2.44 bits per heavy atom. The number of nitrogens with zero attached hydrogens (tertiary/aromatic N) is 1. The third-order valence-electron chi connectivity index (χ3n) is 3.76. The van der Waals surface area contributed by atoms with E-state index in [9.17, 15) is 18.0 Å². The average Bonchev–Trinajstić information content (AvgIpc) is 2.73. The van der Waals surface area contributed by atoms with Crippen LogP contribution in [0.3, 0.4) is 0 Å². The first-order chi connectivity index (χ1) is 8.35. The summed E-state index contributed by atoms with van der Waals surface area (Å²) < 4.78 is 22.5. The lowest BCUT2D eigenvalue weighted by molar-refractivity contribution is -0.153. The van der Waals surface area contributed by atoms with Gasteiger partial charge in [0.2, 0.25) is 11.8 Å². The zero-order valence-corrected chi connectivity index (χ0v) is 11.3. The molecule has 0 bridgehead atoms. The molecule has 0 unspecified atom stereocenters. The number of piperazine rings is 1. The Balaban J connectivity index is 2.22. The molecule has 1 aliphatic heterocycles. The van der Waals surface area contributed by atoms with Crippen LogP contribution in [0, 0.1) is 0 Å². The molecule has 0 aromatic carbocycles. The number of carbonyl (C=O) groups is 2. The first kappa shape index (κ1) is 13.3. The van der Waals surface area contributed by atoms with E-state index in [2.05, 4.69) is 5.32 Å². The Morgan fingerprint density at radius 2 is 1.89 bits per heavy atom. The quantitative estimate of drug-likeness (QED) is 0.738. The molecule has 0 atom stereocenters. The van der Waals surface area contributed by atoms with Gasteiger partial charge >= 0.3 is 0 Å². The summed E-state index contributed by atoms with van der Waals surface area (Å²) in [5.41, 5.74) is -0.792. The Kier molecular flexibility index (Phi) is 3.35. The van der Waals surface area contributed by atoms with E-state index in [1.165, 1.54) is 4.90 Å². The van der Waals surface area contributed by atoms with E-state index in [1.807, 2.05) is 0 Å². The number of rotatable bonds is 3. The van der Waals surface area contributed by atoms with Gasteiger partial charge in [0, 0.05) is 12.8 Å². The highest BCUT2D eigenvalue weighted by Gasteiger charge is 2.50. The smallest absolute Gasteiger partial charge is 0.246 e. The lowest BCUT2D eigenvalue weighted by atomic mass is 9.91. The maximum absolute atomic E-state index is 12.0. The second kappa shape index (κ2) is 4.53. The summed E-state index contributed by atoms with van der Waals surface area (Å²) in [6.07, 6.45) is 4.21. The van der Waals surface area contributed by atoms with Gasteiger partial charge in [0.25, 0.3) is 0 Å². The van der Waals surface area contributed by atoms with Crippen molar-refractivity contribution in [2.45, 2.75) is 31.2 Å². The minimum atomic E-state index is -3.14. The van der Waals surface area contributed by atoms with Gasteiger partial charge in [0.15, 0.2) is 0 Å². The minimum absolute atomic E-state index is 0.0235. The molecule has 18 heavy (non-hydrogen) atoms. The van der Waals surface area contributed by atoms with Crippen LogP contribution in [-0.2, 0) is 19.4 Å². The van der Waals surface area contributed by atoms with Gasteiger partial charge in [-0.1, -0.05) is 12.8 Å². The van der Waals surface area contributed by atoms with Crippen molar-refractivity contribution in [2.24, 2.45) is 0 Å². The van der Waals surface area contributed by atoms with E-state index in [0.29, 0.717) is 12.8 Å². The van der Waals surface area contributed by atoms with Gasteiger partial charge in [0.1, 0.15) is 15.4 Å². The summed E-state index contributed by atoms with van der Waals surface area (Å²) in [5.74, 6) is -0.401. The van der Waals surface area contributed by atoms with E-state index < -0.39 is 15.4 Å². The highest BCUT2D eigenvalue weighted by Crippen LogP contribution is 2.37. The molecular weight excluding hydrogens is 256 g/mol. The van der Waals surface area contributed by atoms with Gasteiger partial charge in [-0.25, -0.2) is 8.42 Å². The fourth-order valence-electron chi connectivity index (χ4n) is 2.83. The zero-order valence-electron chi connectivity index (χ0n) is 10.4. The topological polar surface area (TPSA) is 83.6 Å². The summed E-state index contributed by atoms with van der Waals surface area (Å²) in [6, 6.07) is 0. The molecule has 0 radical (unpaired) electrons. The molecule has 7 heteroatoms. The second-order valence-corrected chi connectivity index (χ2v) is 7.36. The van der Waals surface area contributed by atoms with E-state index >= 15 is 0 Å². The van der Waals surface area contributed by atoms with Crippen LogP contribution >= 0.6 is 0 Å². The molecule has 2 aliphatic rings. The monoisotopic (exact) mass is 274 g/mol. The molecule has 2 fully saturated rings. The summed E-state index contributed by atoms with van der Waals surface area (Å²) in [7, 11) is -3.14. The summed E-state index contributed by atoms with van der Waals surface area (Å²) in [6.45, 7) is 0.0927. The molecule has 2 rings (SSSR count). The number of hydrogen-bond acceptors (Lipinski definition) is 4. The van der Waals surface area contributed by atoms with Gasteiger partial charge in [-0.05, 0) is 12.8 Å². The fourth-order valence-corrected chi connectivity index (χ4v) is 3.34. The van der Waals surface area contributed by atoms with Crippen molar-refractivity contribution >= 4 is 21.7 Å². The number of carbonyl (C=O) groups excluding carboxylic acids is 2. The lowest BCUT2D eigenvalue weighted by Gasteiger charge is -2.43. The number of sulfone groups is 1. The molecule has 1 N–H and O–H groups in total. The standard InChI is InChI=1S/C11H18N2O4S/c1-18(16,17)7-6-13-9(14)8-12-10(15)11(13)4-2-3-5-11/h2-8H2,1H3,(H,12,15). The molecule has 1 saturated carbocycles. The molecule has 102 valence electrons. The van der Waals surface area contributed by atoms with Crippen molar-refractivity contribution < 1.29 is 18.0 Å². The second-order valence-electron chi connectivity index (χ2n) is 5.10. The third kappa shape index (κ3) is 2.36. The molecule has 6 nitrogen and oxygen atoms in total. The van der Waals surface area contributed by atoms with Crippen LogP contribution in [0.1, 0.15) is 25.7 Å². The minimum Gasteiger partial charge on any atom is -0.345 e. The molecule has 1 spiro atoms. The van der Waals surface area contributed by atoms with Crippen molar-refractivity contribution in [1.29, 1.82) is 0 Å². The van der Waals surface area contributed by atoms with Crippen LogP contribution in [-0.4, -0.2) is 55.8 Å². The largest absolute Gasteiger partial charge is 0.345 e. The Bertz CT molecular complexity index is 465. The number of nitrogens with one attached hydrogen (secondary N) is 1. The van der Waals surface area contributed by atoms with Gasteiger partial charge in [0.05, 0.1) is 12.3 Å². The predicted molar refractivity (Wildman–Crippen MR) is 65.6 cm³/mol. The predicted octanol–water partition coefficient (Wildman–Crippen LogP) is -0.698. The molecule has 2 amide bonds. The van der Waals surface area contributed by atoms with Crippen LogP contribution in [0.2, 0.25) is 0 Å². The van der Waals surface area contributed by atoms with Crippen molar-refractivity contribution in [3.8, 4) is 0 Å². The maximum Gasteiger partial charge on any atom is 0.246 e. The van der Waals surface area contributed by atoms with Gasteiger partial charge in [-0.15, -0.1) is 0 Å². The van der Waals surface area contributed by atoms with Crippen LogP contribution in [0.25, 0.3) is 0 Å². The summed E-state index contributed by atoms with van der Waals surface area (Å²) >= 11 is 0. The van der Waals surface area contributed by atoms with Crippen LogP contribution in [0.5, 0.6) is 0 Å². The van der Waals surface area contributed by atoms with Crippen molar-refractivity contribution in [3.05, 3.63) is 0 Å². The Morgan fingerprint density at radius 1 is 1.28 bits per heavy atom. The maximum atomic E-state index is 12.0. The molecule has 1 aliphatic carbocycles. The van der Waals surface area contributed by atoms with Crippen molar-refractivity contribution in [3.63, 3.8) is 0 Å². The zero-order chi connectivity index (χ0) is 13.4. The lowest BCUT2D eigenvalue weighted by Crippen LogP contribution is -2.66. The molecule has 1 heterocycles. The van der Waals surface area contributed by atoms with E-state index in [1.54, 1.807) is 0 Å². The SMILES string of the molecule is CS(=O)(=O)CCN1C(=O)CNC(=O)C12CCCC2. The fraction of sp³-hybridized carbons (Fsp3) is 0.818. The Labute approximate surface area is 107 Å². The first-order valence-electron chi connectivity index (χ1n) is 6.12. The number of hydrogen-bond donors (Lipinski definition) is 1. The van der Waals surface area contributed by atoms with E-state index in [-0.39, 0.29) is 30.7 Å². The van der Waals surface area contributed by atoms with Gasteiger partial charge in [-0.2, -0.15) is 0 Å². The first-order valence-corrected chi connectivity index (χ1v) is 8.18. The molecular formula is C11H18N2O4S. The Hall–Kier alpha value is -1.11. The third-order valence-corrected chi connectivity index (χ3v) is 4.68. The van der Waals surface area contributed by atoms with Gasteiger partial charge in [-0.3, -0.25) is 9.59 Å². The highest BCUT2D eigenvalue weighted by atomic mass is 32.2.